The molecule has 0 aliphatic heterocycles. The van der Waals surface area contributed by atoms with Crippen LogP contribution in [0.1, 0.15) is 30.0 Å². The van der Waals surface area contributed by atoms with Gasteiger partial charge in [-0.1, -0.05) is 24.3 Å². The van der Waals surface area contributed by atoms with Gasteiger partial charge < -0.3 is 15.5 Å². The first kappa shape index (κ1) is 11.6. The summed E-state index contributed by atoms with van der Waals surface area (Å²) in [6, 6.07) is 8.78. The lowest BCUT2D eigenvalue weighted by atomic mass is 9.88. The summed E-state index contributed by atoms with van der Waals surface area (Å²) >= 11 is 0. The Morgan fingerprint density at radius 2 is 2.19 bits per heavy atom. The molecule has 1 aromatic carbocycles. The standard InChI is InChI=1S/C13H19NO2/c15-9-11(16)8-14-13-7-3-5-10-4-1-2-6-12(10)13/h1-2,4,6,11,13-16H,3,5,7-9H2/t11-,13+/m1/s1. The van der Waals surface area contributed by atoms with Gasteiger partial charge in [0.25, 0.3) is 0 Å². The van der Waals surface area contributed by atoms with E-state index >= 15 is 0 Å². The third kappa shape index (κ3) is 2.61. The molecule has 1 aliphatic carbocycles. The van der Waals surface area contributed by atoms with Crippen molar-refractivity contribution in [2.45, 2.75) is 31.4 Å². The number of nitrogens with one attached hydrogen (secondary N) is 1. The Labute approximate surface area is 96.1 Å². The molecule has 3 heteroatoms. The number of hydrogen-bond acceptors (Lipinski definition) is 3. The summed E-state index contributed by atoms with van der Waals surface area (Å²) in [5.41, 5.74) is 2.75. The zero-order valence-electron chi connectivity index (χ0n) is 9.39. The highest BCUT2D eigenvalue weighted by molar-refractivity contribution is 5.32. The summed E-state index contributed by atoms with van der Waals surface area (Å²) in [7, 11) is 0. The summed E-state index contributed by atoms with van der Waals surface area (Å²) in [5, 5.41) is 21.4. The molecule has 0 spiro atoms. The van der Waals surface area contributed by atoms with Crippen molar-refractivity contribution in [1.29, 1.82) is 0 Å². The van der Waals surface area contributed by atoms with Gasteiger partial charge in [0.15, 0.2) is 0 Å². The summed E-state index contributed by atoms with van der Waals surface area (Å²) < 4.78 is 0. The van der Waals surface area contributed by atoms with Gasteiger partial charge in [0, 0.05) is 12.6 Å². The SMILES string of the molecule is OC[C@H](O)CN[C@H]1CCCc2ccccc21. The van der Waals surface area contributed by atoms with Crippen molar-refractivity contribution >= 4 is 0 Å². The van der Waals surface area contributed by atoms with Crippen molar-refractivity contribution in [3.63, 3.8) is 0 Å². The third-order valence-electron chi connectivity index (χ3n) is 3.18. The molecule has 0 heterocycles. The van der Waals surface area contributed by atoms with Crippen molar-refractivity contribution in [2.24, 2.45) is 0 Å². The maximum atomic E-state index is 9.32. The number of aliphatic hydroxyl groups excluding tert-OH is 2. The average Bonchev–Trinajstić information content (AvgIpc) is 2.35. The first-order valence-electron chi connectivity index (χ1n) is 5.91. The summed E-state index contributed by atoms with van der Waals surface area (Å²) in [6.45, 7) is 0.275. The molecule has 0 aromatic heterocycles. The fraction of sp³-hybridized carbons (Fsp3) is 0.538. The third-order valence-corrected chi connectivity index (χ3v) is 3.18. The fourth-order valence-corrected chi connectivity index (χ4v) is 2.31. The zero-order chi connectivity index (χ0) is 11.4. The lowest BCUT2D eigenvalue weighted by Crippen LogP contribution is -2.33. The highest BCUT2D eigenvalue weighted by atomic mass is 16.3. The van der Waals surface area contributed by atoms with Gasteiger partial charge in [0.2, 0.25) is 0 Å². The molecule has 0 amide bonds. The Hall–Kier alpha value is -0.900. The molecule has 0 saturated carbocycles. The number of benzene rings is 1. The molecule has 2 atom stereocenters. The number of hydrogen-bond donors (Lipinski definition) is 3. The van der Waals surface area contributed by atoms with Gasteiger partial charge in [-0.05, 0) is 30.4 Å². The molecule has 0 bridgehead atoms. The van der Waals surface area contributed by atoms with Crippen LogP contribution in [0.15, 0.2) is 24.3 Å². The summed E-state index contributed by atoms with van der Waals surface area (Å²) in [4.78, 5) is 0. The first-order valence-corrected chi connectivity index (χ1v) is 5.91. The molecule has 0 saturated heterocycles. The highest BCUT2D eigenvalue weighted by Crippen LogP contribution is 2.29. The molecule has 3 N–H and O–H groups in total. The van der Waals surface area contributed by atoms with Crippen LogP contribution in [-0.4, -0.2) is 29.5 Å². The highest BCUT2D eigenvalue weighted by Gasteiger charge is 2.19. The fourth-order valence-electron chi connectivity index (χ4n) is 2.31. The molecule has 0 unspecified atom stereocenters. The van der Waals surface area contributed by atoms with E-state index < -0.39 is 6.10 Å². The molecule has 2 rings (SSSR count). The molecular weight excluding hydrogens is 202 g/mol. The van der Waals surface area contributed by atoms with Gasteiger partial charge in [-0.2, -0.15) is 0 Å². The van der Waals surface area contributed by atoms with Crippen LogP contribution in [0.3, 0.4) is 0 Å². The van der Waals surface area contributed by atoms with Crippen LogP contribution >= 0.6 is 0 Å². The quantitative estimate of drug-likeness (QED) is 0.711. The van der Waals surface area contributed by atoms with E-state index in [9.17, 15) is 5.11 Å². The normalized spacial score (nSPS) is 21.5. The van der Waals surface area contributed by atoms with Gasteiger partial charge in [-0.15, -0.1) is 0 Å². The molecule has 16 heavy (non-hydrogen) atoms. The Kier molecular flexibility index (Phi) is 3.93. The monoisotopic (exact) mass is 221 g/mol. The van der Waals surface area contributed by atoms with Crippen molar-refractivity contribution in [3.8, 4) is 0 Å². The van der Waals surface area contributed by atoms with Gasteiger partial charge in [0.1, 0.15) is 0 Å². The van der Waals surface area contributed by atoms with Gasteiger partial charge >= 0.3 is 0 Å². The largest absolute Gasteiger partial charge is 0.394 e. The predicted molar refractivity (Wildman–Crippen MR) is 63.2 cm³/mol. The molecule has 3 nitrogen and oxygen atoms in total. The summed E-state index contributed by atoms with van der Waals surface area (Å²) in [6.07, 6.45) is 2.78. The van der Waals surface area contributed by atoms with Crippen molar-refractivity contribution in [1.82, 2.24) is 5.32 Å². The number of aliphatic hydroxyl groups is 2. The van der Waals surface area contributed by atoms with E-state index in [1.54, 1.807) is 0 Å². The van der Waals surface area contributed by atoms with Crippen molar-refractivity contribution < 1.29 is 10.2 Å². The van der Waals surface area contributed by atoms with Crippen LogP contribution in [0.25, 0.3) is 0 Å². The van der Waals surface area contributed by atoms with Crippen LogP contribution in [0.5, 0.6) is 0 Å². The van der Waals surface area contributed by atoms with E-state index in [1.807, 2.05) is 0 Å². The van der Waals surface area contributed by atoms with E-state index in [4.69, 9.17) is 5.11 Å². The summed E-state index contributed by atoms with van der Waals surface area (Å²) in [5.74, 6) is 0. The Balaban J connectivity index is 2.01. The number of fused-ring (bicyclic) bond motifs is 1. The van der Waals surface area contributed by atoms with E-state index in [0.717, 1.165) is 12.8 Å². The molecule has 0 fully saturated rings. The van der Waals surface area contributed by atoms with E-state index in [2.05, 4.69) is 29.6 Å². The van der Waals surface area contributed by atoms with Crippen LogP contribution in [-0.2, 0) is 6.42 Å². The number of rotatable bonds is 4. The van der Waals surface area contributed by atoms with Gasteiger partial charge in [0.05, 0.1) is 12.7 Å². The Morgan fingerprint density at radius 3 is 3.00 bits per heavy atom. The van der Waals surface area contributed by atoms with E-state index in [1.165, 1.54) is 17.5 Å². The molecule has 88 valence electrons. The second-order valence-electron chi connectivity index (χ2n) is 4.39. The van der Waals surface area contributed by atoms with E-state index in [-0.39, 0.29) is 6.61 Å². The van der Waals surface area contributed by atoms with Gasteiger partial charge in [-0.3, -0.25) is 0 Å². The Bertz CT molecular complexity index is 340. The first-order chi connectivity index (χ1) is 7.81. The predicted octanol–water partition coefficient (Wildman–Crippen LogP) is 1.01. The average molecular weight is 221 g/mol. The Morgan fingerprint density at radius 1 is 1.38 bits per heavy atom. The second-order valence-corrected chi connectivity index (χ2v) is 4.39. The van der Waals surface area contributed by atoms with E-state index in [0.29, 0.717) is 12.6 Å². The smallest absolute Gasteiger partial charge is 0.0895 e. The minimum absolute atomic E-state index is 0.179. The second kappa shape index (κ2) is 5.43. The molecule has 1 aromatic rings. The van der Waals surface area contributed by atoms with Crippen LogP contribution < -0.4 is 5.32 Å². The molecule has 1 aliphatic rings. The zero-order valence-corrected chi connectivity index (χ0v) is 9.39. The molecular formula is C13H19NO2. The van der Waals surface area contributed by atoms with Crippen molar-refractivity contribution in [2.75, 3.05) is 13.2 Å². The van der Waals surface area contributed by atoms with Crippen LogP contribution in [0.4, 0.5) is 0 Å². The van der Waals surface area contributed by atoms with Crippen LogP contribution in [0.2, 0.25) is 0 Å². The topological polar surface area (TPSA) is 52.5 Å². The maximum Gasteiger partial charge on any atom is 0.0895 e. The van der Waals surface area contributed by atoms with Gasteiger partial charge in [-0.25, -0.2) is 0 Å². The van der Waals surface area contributed by atoms with Crippen LogP contribution in [0, 0.1) is 0 Å². The number of aryl methyl sites for hydroxylation is 1. The minimum Gasteiger partial charge on any atom is -0.394 e. The molecule has 0 radical (unpaired) electrons. The lowest BCUT2D eigenvalue weighted by molar-refractivity contribution is 0.0912. The van der Waals surface area contributed by atoms with Crippen molar-refractivity contribution in [3.05, 3.63) is 35.4 Å². The maximum absolute atomic E-state index is 9.32. The minimum atomic E-state index is -0.658. The lowest BCUT2D eigenvalue weighted by Gasteiger charge is -2.27.